The van der Waals surface area contributed by atoms with E-state index in [-0.39, 0.29) is 12.1 Å². The predicted molar refractivity (Wildman–Crippen MR) is 99.7 cm³/mol. The fourth-order valence-corrected chi connectivity index (χ4v) is 3.85. The first-order valence-corrected chi connectivity index (χ1v) is 9.61. The molecule has 2 amide bonds. The van der Waals surface area contributed by atoms with E-state index in [9.17, 15) is 4.79 Å². The molecule has 1 aromatic rings. The smallest absolute Gasteiger partial charge is 0.317 e. The van der Waals surface area contributed by atoms with Crippen LogP contribution in [0.3, 0.4) is 0 Å². The van der Waals surface area contributed by atoms with Crippen molar-refractivity contribution >= 4 is 6.03 Å². The Hall–Kier alpha value is -1.59. The van der Waals surface area contributed by atoms with Crippen LogP contribution >= 0.6 is 0 Å². The number of hydrogen-bond donors (Lipinski definition) is 1. The van der Waals surface area contributed by atoms with Gasteiger partial charge in [0.2, 0.25) is 0 Å². The van der Waals surface area contributed by atoms with Gasteiger partial charge in [-0.3, -0.25) is 0 Å². The van der Waals surface area contributed by atoms with Gasteiger partial charge >= 0.3 is 6.03 Å². The van der Waals surface area contributed by atoms with Gasteiger partial charge in [0.1, 0.15) is 0 Å². The van der Waals surface area contributed by atoms with Gasteiger partial charge in [0, 0.05) is 32.2 Å². The summed E-state index contributed by atoms with van der Waals surface area (Å²) in [6, 6.07) is 10.9. The number of morpholine rings is 1. The number of carbonyl (C=O) groups is 1. The SMILES string of the molecule is CN1CCOC(CNC(=O)N(CCc2ccccc2)C2CCCC2)C1. The third-order valence-electron chi connectivity index (χ3n) is 5.33. The minimum atomic E-state index is 0.0691. The molecule has 5 heteroatoms. The van der Waals surface area contributed by atoms with Gasteiger partial charge in [-0.1, -0.05) is 43.2 Å². The van der Waals surface area contributed by atoms with Crippen LogP contribution in [0.4, 0.5) is 4.79 Å². The van der Waals surface area contributed by atoms with Gasteiger partial charge in [-0.15, -0.1) is 0 Å². The molecule has 0 radical (unpaired) electrons. The van der Waals surface area contributed by atoms with Gasteiger partial charge in [-0.2, -0.15) is 0 Å². The van der Waals surface area contributed by atoms with Crippen molar-refractivity contribution in [1.29, 1.82) is 0 Å². The lowest BCUT2D eigenvalue weighted by Crippen LogP contribution is -2.51. The Morgan fingerprint density at radius 2 is 2.04 bits per heavy atom. The number of nitrogens with zero attached hydrogens (tertiary/aromatic N) is 2. The number of likely N-dealkylation sites (N-methyl/N-ethyl adjacent to an activating group) is 1. The lowest BCUT2D eigenvalue weighted by molar-refractivity contribution is -0.0174. The summed E-state index contributed by atoms with van der Waals surface area (Å²) in [6.07, 6.45) is 5.73. The zero-order valence-electron chi connectivity index (χ0n) is 15.3. The maximum atomic E-state index is 12.8. The minimum absolute atomic E-state index is 0.0691. The topological polar surface area (TPSA) is 44.8 Å². The van der Waals surface area contributed by atoms with Crippen LogP contribution in [0.1, 0.15) is 31.2 Å². The molecule has 5 nitrogen and oxygen atoms in total. The second-order valence-corrected chi connectivity index (χ2v) is 7.31. The lowest BCUT2D eigenvalue weighted by atomic mass is 10.1. The predicted octanol–water partition coefficient (Wildman–Crippen LogP) is 2.51. The zero-order valence-corrected chi connectivity index (χ0v) is 15.3. The number of hydrogen-bond acceptors (Lipinski definition) is 3. The number of ether oxygens (including phenoxy) is 1. The first-order chi connectivity index (χ1) is 12.2. The van der Waals surface area contributed by atoms with Gasteiger partial charge in [-0.25, -0.2) is 4.79 Å². The molecule has 1 N–H and O–H groups in total. The summed E-state index contributed by atoms with van der Waals surface area (Å²) in [4.78, 5) is 17.1. The summed E-state index contributed by atoms with van der Waals surface area (Å²) in [5.41, 5.74) is 1.29. The van der Waals surface area contributed by atoms with Crippen molar-refractivity contribution in [2.75, 3.05) is 39.8 Å². The van der Waals surface area contributed by atoms with Crippen LogP contribution in [0.2, 0.25) is 0 Å². The molecule has 1 saturated heterocycles. The van der Waals surface area contributed by atoms with Crippen molar-refractivity contribution in [3.8, 4) is 0 Å². The van der Waals surface area contributed by atoms with Crippen molar-refractivity contribution in [2.24, 2.45) is 0 Å². The van der Waals surface area contributed by atoms with Gasteiger partial charge < -0.3 is 19.9 Å². The van der Waals surface area contributed by atoms with E-state index in [2.05, 4.69) is 46.4 Å². The van der Waals surface area contributed by atoms with E-state index < -0.39 is 0 Å². The number of urea groups is 1. The zero-order chi connectivity index (χ0) is 17.5. The molecule has 3 rings (SSSR count). The fourth-order valence-electron chi connectivity index (χ4n) is 3.85. The Balaban J connectivity index is 1.53. The molecule has 2 fully saturated rings. The molecule has 1 aliphatic carbocycles. The number of rotatable bonds is 6. The molecule has 1 aromatic carbocycles. The second kappa shape index (κ2) is 9.20. The monoisotopic (exact) mass is 345 g/mol. The number of carbonyl (C=O) groups excluding carboxylic acids is 1. The molecule has 0 aromatic heterocycles. The van der Waals surface area contributed by atoms with Gasteiger partial charge in [0.25, 0.3) is 0 Å². The molecule has 2 aliphatic rings. The normalized spacial score (nSPS) is 22.0. The van der Waals surface area contributed by atoms with E-state index in [1.165, 1.54) is 18.4 Å². The van der Waals surface area contributed by atoms with E-state index in [0.717, 1.165) is 45.5 Å². The third kappa shape index (κ3) is 5.44. The van der Waals surface area contributed by atoms with E-state index in [1.54, 1.807) is 0 Å². The second-order valence-electron chi connectivity index (χ2n) is 7.31. The van der Waals surface area contributed by atoms with Crippen LogP contribution in [0.15, 0.2) is 30.3 Å². The number of amides is 2. The molecular weight excluding hydrogens is 314 g/mol. The third-order valence-corrected chi connectivity index (χ3v) is 5.33. The Bertz CT molecular complexity index is 531. The molecule has 0 bridgehead atoms. The van der Waals surface area contributed by atoms with Crippen molar-refractivity contribution in [3.63, 3.8) is 0 Å². The Morgan fingerprint density at radius 1 is 1.28 bits per heavy atom. The maximum absolute atomic E-state index is 12.8. The summed E-state index contributed by atoms with van der Waals surface area (Å²) in [5.74, 6) is 0. The number of nitrogens with one attached hydrogen (secondary N) is 1. The average molecular weight is 345 g/mol. The van der Waals surface area contributed by atoms with E-state index in [0.29, 0.717) is 12.6 Å². The van der Waals surface area contributed by atoms with Gasteiger partial charge in [0.05, 0.1) is 12.7 Å². The van der Waals surface area contributed by atoms with E-state index >= 15 is 0 Å². The Morgan fingerprint density at radius 3 is 2.76 bits per heavy atom. The molecule has 0 spiro atoms. The van der Waals surface area contributed by atoms with Crippen molar-refractivity contribution in [2.45, 2.75) is 44.2 Å². The Kier molecular flexibility index (Phi) is 6.70. The first kappa shape index (κ1) is 18.2. The highest BCUT2D eigenvalue weighted by Gasteiger charge is 2.27. The molecule has 25 heavy (non-hydrogen) atoms. The molecule has 1 atom stereocenters. The fraction of sp³-hybridized carbons (Fsp3) is 0.650. The molecule has 1 aliphatic heterocycles. The summed E-state index contributed by atoms with van der Waals surface area (Å²) < 4.78 is 5.76. The highest BCUT2D eigenvalue weighted by atomic mass is 16.5. The van der Waals surface area contributed by atoms with Gasteiger partial charge in [-0.05, 0) is 31.9 Å². The molecule has 138 valence electrons. The van der Waals surface area contributed by atoms with Crippen LogP contribution in [0, 0.1) is 0 Å². The largest absolute Gasteiger partial charge is 0.374 e. The molecular formula is C20H31N3O2. The van der Waals surface area contributed by atoms with E-state index in [4.69, 9.17) is 4.74 Å². The van der Waals surface area contributed by atoms with Crippen molar-refractivity contribution in [3.05, 3.63) is 35.9 Å². The molecule has 1 heterocycles. The maximum Gasteiger partial charge on any atom is 0.317 e. The van der Waals surface area contributed by atoms with Crippen LogP contribution in [0.5, 0.6) is 0 Å². The minimum Gasteiger partial charge on any atom is -0.374 e. The average Bonchev–Trinajstić information content (AvgIpc) is 3.15. The highest BCUT2D eigenvalue weighted by molar-refractivity contribution is 5.74. The van der Waals surface area contributed by atoms with Crippen LogP contribution in [-0.2, 0) is 11.2 Å². The van der Waals surface area contributed by atoms with Crippen molar-refractivity contribution in [1.82, 2.24) is 15.1 Å². The van der Waals surface area contributed by atoms with Gasteiger partial charge in [0.15, 0.2) is 0 Å². The van der Waals surface area contributed by atoms with Crippen molar-refractivity contribution < 1.29 is 9.53 Å². The molecule has 1 saturated carbocycles. The Labute approximate surface area is 151 Å². The van der Waals surface area contributed by atoms with Crippen LogP contribution in [0.25, 0.3) is 0 Å². The lowest BCUT2D eigenvalue weighted by Gasteiger charge is -2.32. The summed E-state index contributed by atoms with van der Waals surface area (Å²) >= 11 is 0. The summed E-state index contributed by atoms with van der Waals surface area (Å²) in [5, 5.41) is 3.12. The summed E-state index contributed by atoms with van der Waals surface area (Å²) in [7, 11) is 2.10. The quantitative estimate of drug-likeness (QED) is 0.862. The van der Waals surface area contributed by atoms with E-state index in [1.807, 2.05) is 6.07 Å². The molecule has 1 unspecified atom stereocenters. The first-order valence-electron chi connectivity index (χ1n) is 9.61. The summed E-state index contributed by atoms with van der Waals surface area (Å²) in [6.45, 7) is 3.98. The van der Waals surface area contributed by atoms with Crippen LogP contribution in [-0.4, -0.2) is 67.8 Å². The number of benzene rings is 1. The highest BCUT2D eigenvalue weighted by Crippen LogP contribution is 2.24. The van der Waals surface area contributed by atoms with Crippen LogP contribution < -0.4 is 5.32 Å². The standard InChI is InChI=1S/C20H31N3O2/c1-22-13-14-25-19(16-22)15-21-20(24)23(18-9-5-6-10-18)12-11-17-7-3-2-4-8-17/h2-4,7-8,18-19H,5-6,9-16H2,1H3,(H,21,24).